The Morgan fingerprint density at radius 3 is 2.10 bits per heavy atom. The molecule has 59 heavy (non-hydrogen) atoms. The zero-order chi connectivity index (χ0) is 42.1. The average molecular weight is 824 g/mol. The van der Waals surface area contributed by atoms with Gasteiger partial charge in [0, 0.05) is 32.6 Å². The van der Waals surface area contributed by atoms with E-state index in [1.165, 1.54) is 6.33 Å². The van der Waals surface area contributed by atoms with E-state index < -0.39 is 32.6 Å². The van der Waals surface area contributed by atoms with Gasteiger partial charge < -0.3 is 38.6 Å². The number of imidazole rings is 1. The first-order chi connectivity index (χ1) is 28.5. The Kier molecular flexibility index (Phi) is 14.5. The molecule has 0 spiro atoms. The number of nitrogens with zero attached hydrogens (tertiary/aromatic N) is 8. The largest absolute Gasteiger partial charge is 0.497 e. The Bertz CT molecular complexity index is 2120. The van der Waals surface area contributed by atoms with E-state index in [2.05, 4.69) is 70.5 Å². The number of nitrogens with two attached hydrogens (primary N) is 1. The van der Waals surface area contributed by atoms with Crippen molar-refractivity contribution in [2.24, 2.45) is 10.7 Å². The molecule has 0 saturated carbocycles. The van der Waals surface area contributed by atoms with Crippen LogP contribution < -0.4 is 15.2 Å². The van der Waals surface area contributed by atoms with Crippen LogP contribution in [-0.4, -0.2) is 101 Å². The summed E-state index contributed by atoms with van der Waals surface area (Å²) in [7, 11) is 5.27. The van der Waals surface area contributed by atoms with Gasteiger partial charge in [-0.15, -0.1) is 0 Å². The average Bonchev–Trinajstić information content (AvgIpc) is 3.86. The lowest BCUT2D eigenvalue weighted by molar-refractivity contribution is -0.0912. The quantitative estimate of drug-likeness (QED) is 0.0308. The number of aromatic nitrogens is 4. The standard InChI is InChI=1S/C43H54N9O6P/c1-29(2)52(30(3)4)59(56-24-12-23-44)58-36-25-38(51-28-48-39-40(46-27-47-41(39)51)49-42(45)50(5)6)57-37(36)26-55-43(31-13-10-9-11-14-31,32-15-19-34(53-7)20-16-32)33-17-21-35(54-8)22-18-33/h9-11,13-22,27-30,36-38H,12,24-26H2,1-8H3,(H2,45,46,47,49)/t36-,37+,38+,59?/m0/s1. The SMILES string of the molecule is COc1ccc(C(OC[C@H]2O[C@@H](n3cnc4c(/N=C(/N)N(C)C)ncnc43)C[C@@H]2OP(OCCC#N)N(C(C)C)C(C)C)(c2ccccc2)c2ccc(OC)cc2)cc1. The van der Waals surface area contributed by atoms with Crippen LogP contribution in [0, 0.1) is 11.3 Å². The van der Waals surface area contributed by atoms with Gasteiger partial charge in [0.25, 0.3) is 8.53 Å². The first-order valence-corrected chi connectivity index (χ1v) is 20.7. The van der Waals surface area contributed by atoms with Crippen molar-refractivity contribution in [3.63, 3.8) is 0 Å². The third kappa shape index (κ3) is 9.65. The molecular weight excluding hydrogens is 770 g/mol. The zero-order valence-electron chi connectivity index (χ0n) is 34.9. The topological polar surface area (TPSA) is 168 Å². The van der Waals surface area contributed by atoms with E-state index in [9.17, 15) is 5.26 Å². The van der Waals surface area contributed by atoms with Crippen molar-refractivity contribution in [3.8, 4) is 17.6 Å². The Morgan fingerprint density at radius 2 is 1.54 bits per heavy atom. The Balaban J connectivity index is 1.44. The number of hydrogen-bond donors (Lipinski definition) is 1. The van der Waals surface area contributed by atoms with Crippen molar-refractivity contribution in [2.75, 3.05) is 41.5 Å². The van der Waals surface area contributed by atoms with Gasteiger partial charge in [0.1, 0.15) is 35.8 Å². The predicted octanol–water partition coefficient (Wildman–Crippen LogP) is 7.31. The molecule has 4 atom stereocenters. The molecule has 2 N–H and O–H groups in total. The highest BCUT2D eigenvalue weighted by atomic mass is 31.2. The van der Waals surface area contributed by atoms with E-state index in [-0.39, 0.29) is 37.7 Å². The molecule has 1 aliphatic rings. The van der Waals surface area contributed by atoms with Crippen LogP contribution in [-0.2, 0) is 24.1 Å². The van der Waals surface area contributed by atoms with Crippen LogP contribution in [0.25, 0.3) is 11.2 Å². The van der Waals surface area contributed by atoms with Crippen LogP contribution in [0.1, 0.15) is 63.5 Å². The molecule has 16 heteroatoms. The fourth-order valence-corrected chi connectivity index (χ4v) is 8.92. The van der Waals surface area contributed by atoms with Crippen LogP contribution >= 0.6 is 8.53 Å². The minimum Gasteiger partial charge on any atom is -0.497 e. The second kappa shape index (κ2) is 19.7. The van der Waals surface area contributed by atoms with Gasteiger partial charge in [-0.25, -0.2) is 19.6 Å². The number of guanidine groups is 1. The Hall–Kier alpha value is -5.20. The number of rotatable bonds is 18. The number of fused-ring (bicyclic) bond motifs is 1. The minimum absolute atomic E-state index is 0.0924. The van der Waals surface area contributed by atoms with E-state index in [4.69, 9.17) is 33.7 Å². The molecule has 1 saturated heterocycles. The lowest BCUT2D eigenvalue weighted by atomic mass is 9.80. The summed E-state index contributed by atoms with van der Waals surface area (Å²) >= 11 is 0. The molecule has 1 fully saturated rings. The third-order valence-electron chi connectivity index (χ3n) is 10.0. The summed E-state index contributed by atoms with van der Waals surface area (Å²) in [5, 5.41) is 9.41. The molecule has 0 amide bonds. The van der Waals surface area contributed by atoms with Crippen LogP contribution in [0.5, 0.6) is 11.5 Å². The van der Waals surface area contributed by atoms with Gasteiger partial charge >= 0.3 is 0 Å². The summed E-state index contributed by atoms with van der Waals surface area (Å²) < 4.78 is 43.0. The predicted molar refractivity (Wildman–Crippen MR) is 227 cm³/mol. The summed E-state index contributed by atoms with van der Waals surface area (Å²) in [5.74, 6) is 2.07. The van der Waals surface area contributed by atoms with Gasteiger partial charge in [-0.1, -0.05) is 54.6 Å². The molecule has 3 heterocycles. The van der Waals surface area contributed by atoms with Crippen LogP contribution in [0.15, 0.2) is 96.5 Å². The number of ether oxygens (including phenoxy) is 4. The fourth-order valence-electron chi connectivity index (χ4n) is 7.16. The van der Waals surface area contributed by atoms with Crippen molar-refractivity contribution in [2.45, 2.75) is 76.7 Å². The van der Waals surface area contributed by atoms with Gasteiger partial charge in [0.15, 0.2) is 22.9 Å². The lowest BCUT2D eigenvalue weighted by Crippen LogP contribution is -2.39. The van der Waals surface area contributed by atoms with E-state index in [0.29, 0.717) is 23.4 Å². The fraction of sp³-hybridized carbons (Fsp3) is 0.419. The second-order valence-electron chi connectivity index (χ2n) is 14.8. The van der Waals surface area contributed by atoms with Crippen LogP contribution in [0.3, 0.4) is 0 Å². The van der Waals surface area contributed by atoms with Gasteiger partial charge in [0.05, 0.1) is 52.4 Å². The number of methoxy groups -OCH3 is 2. The van der Waals surface area contributed by atoms with E-state index >= 15 is 0 Å². The zero-order valence-corrected chi connectivity index (χ0v) is 35.8. The first kappa shape index (κ1) is 43.4. The van der Waals surface area contributed by atoms with Gasteiger partial charge in [-0.2, -0.15) is 10.3 Å². The van der Waals surface area contributed by atoms with Crippen LogP contribution in [0.4, 0.5) is 5.82 Å². The van der Waals surface area contributed by atoms with Crippen molar-refractivity contribution in [1.29, 1.82) is 5.26 Å². The maximum atomic E-state index is 9.41. The summed E-state index contributed by atoms with van der Waals surface area (Å²) in [6.45, 7) is 8.78. The molecular formula is C43H54N9O6P. The van der Waals surface area contributed by atoms with Crippen molar-refractivity contribution in [3.05, 3.63) is 108 Å². The van der Waals surface area contributed by atoms with E-state index in [0.717, 1.165) is 28.2 Å². The third-order valence-corrected chi connectivity index (χ3v) is 12.2. The summed E-state index contributed by atoms with van der Waals surface area (Å²) in [5.41, 5.74) is 8.76. The summed E-state index contributed by atoms with van der Waals surface area (Å²) in [4.78, 5) is 19.8. The molecule has 6 rings (SSSR count). The first-order valence-electron chi connectivity index (χ1n) is 19.6. The Morgan fingerprint density at radius 1 is 0.932 bits per heavy atom. The highest BCUT2D eigenvalue weighted by Crippen LogP contribution is 2.51. The highest BCUT2D eigenvalue weighted by molar-refractivity contribution is 7.44. The number of hydrogen-bond acceptors (Lipinski definition) is 12. The number of nitriles is 1. The molecule has 1 aliphatic heterocycles. The number of aliphatic imine (C=N–C) groups is 1. The maximum absolute atomic E-state index is 9.41. The van der Waals surface area contributed by atoms with Gasteiger partial charge in [0.2, 0.25) is 0 Å². The van der Waals surface area contributed by atoms with Crippen LogP contribution in [0.2, 0.25) is 0 Å². The smallest absolute Gasteiger partial charge is 0.259 e. The number of benzene rings is 3. The molecule has 0 radical (unpaired) electrons. The van der Waals surface area contributed by atoms with E-state index in [1.807, 2.05) is 71.3 Å². The second-order valence-corrected chi connectivity index (χ2v) is 16.2. The maximum Gasteiger partial charge on any atom is 0.259 e. The summed E-state index contributed by atoms with van der Waals surface area (Å²) in [6.07, 6.45) is 2.08. The van der Waals surface area contributed by atoms with Crippen molar-refractivity contribution < 1.29 is 28.0 Å². The molecule has 2 aromatic heterocycles. The molecule has 15 nitrogen and oxygen atoms in total. The lowest BCUT2D eigenvalue weighted by Gasteiger charge is -2.39. The van der Waals surface area contributed by atoms with Gasteiger partial charge in [-0.3, -0.25) is 4.57 Å². The Labute approximate surface area is 347 Å². The molecule has 3 aromatic carbocycles. The van der Waals surface area contributed by atoms with Gasteiger partial charge in [-0.05, 0) is 68.7 Å². The monoisotopic (exact) mass is 823 g/mol. The summed E-state index contributed by atoms with van der Waals surface area (Å²) in [6, 6.07) is 28.3. The molecule has 5 aromatic rings. The minimum atomic E-state index is -1.63. The van der Waals surface area contributed by atoms with E-state index in [1.54, 1.807) is 39.5 Å². The molecule has 312 valence electrons. The van der Waals surface area contributed by atoms with Crippen molar-refractivity contribution >= 4 is 31.5 Å². The molecule has 1 unspecified atom stereocenters. The normalized spacial score (nSPS) is 17.8. The molecule has 0 bridgehead atoms. The molecule has 0 aliphatic carbocycles. The highest BCUT2D eigenvalue weighted by Gasteiger charge is 2.45. The van der Waals surface area contributed by atoms with Crippen molar-refractivity contribution in [1.82, 2.24) is 29.1 Å².